The lowest BCUT2D eigenvalue weighted by atomic mass is 10.2. The maximum Gasteiger partial charge on any atom is 0.233 e. The van der Waals surface area contributed by atoms with Gasteiger partial charge in [-0.3, -0.25) is 4.79 Å². The molecule has 1 heterocycles. The molecule has 0 saturated heterocycles. The third kappa shape index (κ3) is 4.03. The Morgan fingerprint density at radius 3 is 2.62 bits per heavy atom. The highest BCUT2D eigenvalue weighted by Gasteiger charge is 2.16. The van der Waals surface area contributed by atoms with Crippen molar-refractivity contribution in [3.05, 3.63) is 53.6 Å². The van der Waals surface area contributed by atoms with E-state index in [1.807, 2.05) is 30.0 Å². The van der Waals surface area contributed by atoms with E-state index in [-0.39, 0.29) is 12.7 Å². The number of carbonyl (C=O) groups excluding carboxylic acids is 1. The number of ether oxygens (including phenoxy) is 2. The van der Waals surface area contributed by atoms with E-state index >= 15 is 0 Å². The van der Waals surface area contributed by atoms with E-state index in [0.717, 1.165) is 22.0 Å². The number of hydrogen-bond donors (Lipinski definition) is 0. The fraction of sp³-hybridized carbons (Fsp3) is 0.316. The first-order valence-corrected chi connectivity index (χ1v) is 9.00. The van der Waals surface area contributed by atoms with Gasteiger partial charge in [0.25, 0.3) is 0 Å². The van der Waals surface area contributed by atoms with Crippen molar-refractivity contribution in [3.63, 3.8) is 0 Å². The lowest BCUT2D eigenvalue weighted by molar-refractivity contribution is -0.128. The van der Waals surface area contributed by atoms with Crippen LogP contribution in [-0.4, -0.2) is 29.9 Å². The second-order valence-electron chi connectivity index (χ2n) is 5.70. The number of aryl methyl sites for hydroxylation is 1. The molecule has 0 aromatic heterocycles. The van der Waals surface area contributed by atoms with Crippen LogP contribution < -0.4 is 9.47 Å². The Balaban J connectivity index is 1.58. The third-order valence-corrected chi connectivity index (χ3v) is 4.92. The zero-order chi connectivity index (χ0) is 16.9. The summed E-state index contributed by atoms with van der Waals surface area (Å²) in [7, 11) is 0. The van der Waals surface area contributed by atoms with E-state index in [2.05, 4.69) is 31.2 Å². The number of thioether (sulfide) groups is 1. The fourth-order valence-corrected chi connectivity index (χ4v) is 3.31. The minimum Gasteiger partial charge on any atom is -0.454 e. The summed E-state index contributed by atoms with van der Waals surface area (Å²) in [4.78, 5) is 15.5. The monoisotopic (exact) mass is 343 g/mol. The van der Waals surface area contributed by atoms with Crippen LogP contribution in [0.2, 0.25) is 0 Å². The van der Waals surface area contributed by atoms with Crippen molar-refractivity contribution < 1.29 is 14.3 Å². The Bertz CT molecular complexity index is 715. The molecule has 0 radical (unpaired) electrons. The molecular weight excluding hydrogens is 322 g/mol. The predicted octanol–water partition coefficient (Wildman–Crippen LogP) is 3.86. The van der Waals surface area contributed by atoms with Crippen molar-refractivity contribution in [1.82, 2.24) is 4.90 Å². The molecule has 2 aromatic rings. The Hall–Kier alpha value is -2.14. The maximum atomic E-state index is 12.5. The summed E-state index contributed by atoms with van der Waals surface area (Å²) in [6.07, 6.45) is 0. The van der Waals surface area contributed by atoms with Gasteiger partial charge in [0, 0.05) is 18.0 Å². The van der Waals surface area contributed by atoms with Gasteiger partial charge >= 0.3 is 0 Å². The van der Waals surface area contributed by atoms with Crippen LogP contribution >= 0.6 is 11.8 Å². The molecule has 1 amide bonds. The van der Waals surface area contributed by atoms with Gasteiger partial charge in [0.15, 0.2) is 11.5 Å². The zero-order valence-electron chi connectivity index (χ0n) is 14.0. The predicted molar refractivity (Wildman–Crippen MR) is 95.6 cm³/mol. The Labute approximate surface area is 146 Å². The van der Waals surface area contributed by atoms with Crippen molar-refractivity contribution in [2.75, 3.05) is 19.1 Å². The second kappa shape index (κ2) is 7.62. The number of nitrogens with zero attached hydrogens (tertiary/aromatic N) is 1. The molecule has 0 unspecified atom stereocenters. The summed E-state index contributed by atoms with van der Waals surface area (Å²) in [6.45, 7) is 5.59. The van der Waals surface area contributed by atoms with E-state index in [9.17, 15) is 4.79 Å². The fourth-order valence-electron chi connectivity index (χ4n) is 2.51. The molecule has 0 fully saturated rings. The van der Waals surface area contributed by atoms with Crippen LogP contribution in [0.4, 0.5) is 0 Å². The minimum absolute atomic E-state index is 0.140. The van der Waals surface area contributed by atoms with Crippen molar-refractivity contribution in [3.8, 4) is 11.5 Å². The molecule has 0 aliphatic carbocycles. The first kappa shape index (κ1) is 16.7. The van der Waals surface area contributed by atoms with Gasteiger partial charge in [-0.15, -0.1) is 11.8 Å². The van der Waals surface area contributed by atoms with Gasteiger partial charge in [-0.25, -0.2) is 0 Å². The van der Waals surface area contributed by atoms with Gasteiger partial charge in [0.05, 0.1) is 5.75 Å². The van der Waals surface area contributed by atoms with Crippen LogP contribution in [0.1, 0.15) is 18.1 Å². The van der Waals surface area contributed by atoms with Crippen molar-refractivity contribution in [1.29, 1.82) is 0 Å². The SMILES string of the molecule is CCN(Cc1ccc2c(c1)OCO2)C(=O)CSc1ccc(C)cc1. The first-order chi connectivity index (χ1) is 11.7. The van der Waals surface area contributed by atoms with Crippen LogP contribution in [-0.2, 0) is 11.3 Å². The molecule has 24 heavy (non-hydrogen) atoms. The lowest BCUT2D eigenvalue weighted by Gasteiger charge is -2.21. The molecule has 4 nitrogen and oxygen atoms in total. The molecule has 2 aromatic carbocycles. The van der Waals surface area contributed by atoms with E-state index < -0.39 is 0 Å². The molecule has 3 rings (SSSR count). The highest BCUT2D eigenvalue weighted by atomic mass is 32.2. The summed E-state index contributed by atoms with van der Waals surface area (Å²) in [5.74, 6) is 2.11. The highest BCUT2D eigenvalue weighted by Crippen LogP contribution is 2.32. The summed E-state index contributed by atoms with van der Waals surface area (Å²) < 4.78 is 10.7. The summed E-state index contributed by atoms with van der Waals surface area (Å²) in [6, 6.07) is 14.1. The number of amides is 1. The molecule has 0 bridgehead atoms. The Kier molecular flexibility index (Phi) is 5.30. The van der Waals surface area contributed by atoms with Gasteiger partial charge in [-0.1, -0.05) is 23.8 Å². The summed E-state index contributed by atoms with van der Waals surface area (Å²) >= 11 is 1.58. The van der Waals surface area contributed by atoms with Crippen LogP contribution in [0, 0.1) is 6.92 Å². The number of rotatable bonds is 6. The average Bonchev–Trinajstić information content (AvgIpc) is 3.06. The van der Waals surface area contributed by atoms with E-state index in [1.54, 1.807) is 11.8 Å². The highest BCUT2D eigenvalue weighted by molar-refractivity contribution is 8.00. The van der Waals surface area contributed by atoms with Gasteiger partial charge in [0.1, 0.15) is 0 Å². The molecule has 5 heteroatoms. The van der Waals surface area contributed by atoms with Gasteiger partial charge in [0.2, 0.25) is 12.7 Å². The van der Waals surface area contributed by atoms with E-state index in [4.69, 9.17) is 9.47 Å². The lowest BCUT2D eigenvalue weighted by Crippen LogP contribution is -2.31. The zero-order valence-corrected chi connectivity index (χ0v) is 14.8. The number of benzene rings is 2. The minimum atomic E-state index is 0.140. The van der Waals surface area contributed by atoms with Crippen molar-refractivity contribution >= 4 is 17.7 Å². The molecule has 126 valence electrons. The van der Waals surface area contributed by atoms with Gasteiger partial charge in [-0.05, 0) is 43.7 Å². The number of hydrogen-bond acceptors (Lipinski definition) is 4. The molecule has 1 aliphatic heterocycles. The van der Waals surface area contributed by atoms with Gasteiger partial charge < -0.3 is 14.4 Å². The number of carbonyl (C=O) groups is 1. The molecular formula is C19H21NO3S. The summed E-state index contributed by atoms with van der Waals surface area (Å²) in [5.41, 5.74) is 2.28. The first-order valence-electron chi connectivity index (χ1n) is 8.01. The maximum absolute atomic E-state index is 12.5. The third-order valence-electron chi connectivity index (χ3n) is 3.93. The Morgan fingerprint density at radius 1 is 1.12 bits per heavy atom. The van der Waals surface area contributed by atoms with Crippen molar-refractivity contribution in [2.45, 2.75) is 25.3 Å². The molecule has 0 atom stereocenters. The largest absolute Gasteiger partial charge is 0.454 e. The van der Waals surface area contributed by atoms with Crippen LogP contribution in [0.5, 0.6) is 11.5 Å². The van der Waals surface area contributed by atoms with Gasteiger partial charge in [-0.2, -0.15) is 0 Å². The standard InChI is InChI=1S/C19H21NO3S/c1-3-20(11-15-6-9-17-18(10-15)23-13-22-17)19(21)12-24-16-7-4-14(2)5-8-16/h4-10H,3,11-13H2,1-2H3. The topological polar surface area (TPSA) is 38.8 Å². The van der Waals surface area contributed by atoms with Crippen LogP contribution in [0.25, 0.3) is 0 Å². The van der Waals surface area contributed by atoms with E-state index in [0.29, 0.717) is 18.8 Å². The second-order valence-corrected chi connectivity index (χ2v) is 6.75. The van der Waals surface area contributed by atoms with E-state index in [1.165, 1.54) is 5.56 Å². The van der Waals surface area contributed by atoms with Crippen molar-refractivity contribution in [2.24, 2.45) is 0 Å². The molecule has 0 spiro atoms. The Morgan fingerprint density at radius 2 is 1.88 bits per heavy atom. The number of fused-ring (bicyclic) bond motifs is 1. The smallest absolute Gasteiger partial charge is 0.233 e. The molecule has 1 aliphatic rings. The average molecular weight is 343 g/mol. The quantitative estimate of drug-likeness (QED) is 0.747. The van der Waals surface area contributed by atoms with Crippen LogP contribution in [0.3, 0.4) is 0 Å². The normalized spacial score (nSPS) is 12.2. The molecule has 0 N–H and O–H groups in total. The molecule has 0 saturated carbocycles. The van der Waals surface area contributed by atoms with Crippen LogP contribution in [0.15, 0.2) is 47.4 Å². The summed E-state index contributed by atoms with van der Waals surface area (Å²) in [5, 5.41) is 0.